The predicted molar refractivity (Wildman–Crippen MR) is 76.2 cm³/mol. The Morgan fingerprint density at radius 1 is 1.50 bits per heavy atom. The summed E-state index contributed by atoms with van der Waals surface area (Å²) >= 11 is 1.88. The normalized spacial score (nSPS) is 26.2. The van der Waals surface area contributed by atoms with E-state index in [-0.39, 0.29) is 0 Å². The van der Waals surface area contributed by atoms with E-state index >= 15 is 0 Å². The SMILES string of the molecule is C=C/C(=C\C=NCC)SC1C=CC(C)CC1. The Balaban J connectivity index is 2.50. The quantitative estimate of drug-likeness (QED) is 0.394. The van der Waals surface area contributed by atoms with Gasteiger partial charge in [-0.25, -0.2) is 0 Å². The molecule has 1 aliphatic rings. The third kappa shape index (κ3) is 4.84. The van der Waals surface area contributed by atoms with Crippen molar-refractivity contribution in [2.24, 2.45) is 10.9 Å². The summed E-state index contributed by atoms with van der Waals surface area (Å²) in [5, 5.41) is 0.607. The van der Waals surface area contributed by atoms with Gasteiger partial charge >= 0.3 is 0 Å². The minimum absolute atomic E-state index is 0.607. The zero-order chi connectivity index (χ0) is 11.8. The molecule has 0 N–H and O–H groups in total. The molecule has 0 heterocycles. The van der Waals surface area contributed by atoms with Gasteiger partial charge < -0.3 is 0 Å². The fourth-order valence-electron chi connectivity index (χ4n) is 1.59. The van der Waals surface area contributed by atoms with Crippen molar-refractivity contribution in [3.63, 3.8) is 0 Å². The molecule has 0 aliphatic heterocycles. The third-order valence-electron chi connectivity index (χ3n) is 2.58. The molecule has 0 amide bonds. The van der Waals surface area contributed by atoms with Crippen LogP contribution in [-0.2, 0) is 0 Å². The van der Waals surface area contributed by atoms with Crippen LogP contribution in [0.2, 0.25) is 0 Å². The molecule has 0 saturated heterocycles. The van der Waals surface area contributed by atoms with Crippen LogP contribution in [0.1, 0.15) is 26.7 Å². The number of rotatable bonds is 5. The number of aliphatic imine (C=N–C) groups is 1. The molecule has 16 heavy (non-hydrogen) atoms. The van der Waals surface area contributed by atoms with Crippen LogP contribution in [0.4, 0.5) is 0 Å². The molecular formula is C14H21NS. The van der Waals surface area contributed by atoms with E-state index < -0.39 is 0 Å². The van der Waals surface area contributed by atoms with Gasteiger partial charge in [-0.05, 0) is 31.8 Å². The van der Waals surface area contributed by atoms with Crippen molar-refractivity contribution in [1.82, 2.24) is 0 Å². The summed E-state index contributed by atoms with van der Waals surface area (Å²) in [4.78, 5) is 5.39. The number of hydrogen-bond acceptors (Lipinski definition) is 2. The van der Waals surface area contributed by atoms with Crippen LogP contribution in [0.15, 0.2) is 40.8 Å². The van der Waals surface area contributed by atoms with Crippen LogP contribution in [0.5, 0.6) is 0 Å². The maximum atomic E-state index is 4.18. The first-order valence-electron chi connectivity index (χ1n) is 5.93. The molecule has 2 unspecified atom stereocenters. The van der Waals surface area contributed by atoms with Crippen LogP contribution >= 0.6 is 11.8 Å². The molecule has 0 aromatic heterocycles. The molecule has 0 spiro atoms. The minimum atomic E-state index is 0.607. The summed E-state index contributed by atoms with van der Waals surface area (Å²) in [6, 6.07) is 0. The Morgan fingerprint density at radius 2 is 2.31 bits per heavy atom. The van der Waals surface area contributed by atoms with Gasteiger partial charge in [0.15, 0.2) is 0 Å². The monoisotopic (exact) mass is 235 g/mol. The van der Waals surface area contributed by atoms with Gasteiger partial charge in [-0.3, -0.25) is 4.99 Å². The Kier molecular flexibility index (Phi) is 6.24. The number of nitrogens with zero attached hydrogens (tertiary/aromatic N) is 1. The van der Waals surface area contributed by atoms with Crippen LogP contribution in [-0.4, -0.2) is 18.0 Å². The predicted octanol–water partition coefficient (Wildman–Crippen LogP) is 4.23. The number of allylic oxidation sites excluding steroid dienone is 3. The second-order valence-electron chi connectivity index (χ2n) is 4.02. The molecule has 0 saturated carbocycles. The molecule has 0 aromatic rings. The van der Waals surface area contributed by atoms with Crippen LogP contribution in [0.3, 0.4) is 0 Å². The molecule has 88 valence electrons. The summed E-state index contributed by atoms with van der Waals surface area (Å²) < 4.78 is 0. The Hall–Kier alpha value is -0.760. The Labute approximate surface area is 103 Å². The fraction of sp³-hybridized carbons (Fsp3) is 0.500. The number of hydrogen-bond donors (Lipinski definition) is 0. The molecule has 2 atom stereocenters. The molecule has 0 bridgehead atoms. The van der Waals surface area contributed by atoms with E-state index in [4.69, 9.17) is 0 Å². The lowest BCUT2D eigenvalue weighted by atomic mass is 9.98. The highest BCUT2D eigenvalue weighted by Gasteiger charge is 2.13. The molecule has 1 nitrogen and oxygen atoms in total. The minimum Gasteiger partial charge on any atom is -0.293 e. The van der Waals surface area contributed by atoms with Gasteiger partial charge in [-0.2, -0.15) is 0 Å². The summed E-state index contributed by atoms with van der Waals surface area (Å²) in [6.45, 7) is 9.00. The number of thioether (sulfide) groups is 1. The maximum Gasteiger partial charge on any atom is 0.0360 e. The molecule has 2 heteroatoms. The van der Waals surface area contributed by atoms with Gasteiger partial charge in [0.25, 0.3) is 0 Å². The second kappa shape index (κ2) is 7.50. The fourth-order valence-corrected chi connectivity index (χ4v) is 2.60. The Bertz CT molecular complexity index is 302. The van der Waals surface area contributed by atoms with Crippen LogP contribution in [0, 0.1) is 5.92 Å². The maximum absolute atomic E-state index is 4.18. The van der Waals surface area contributed by atoms with Gasteiger partial charge in [0.1, 0.15) is 0 Å². The van der Waals surface area contributed by atoms with Crippen molar-refractivity contribution in [2.45, 2.75) is 31.9 Å². The first-order chi connectivity index (χ1) is 7.76. The smallest absolute Gasteiger partial charge is 0.0360 e. The second-order valence-corrected chi connectivity index (χ2v) is 5.33. The van der Waals surface area contributed by atoms with Crippen molar-refractivity contribution in [1.29, 1.82) is 0 Å². The van der Waals surface area contributed by atoms with Gasteiger partial charge in [-0.1, -0.05) is 31.7 Å². The van der Waals surface area contributed by atoms with Crippen molar-refractivity contribution in [2.75, 3.05) is 6.54 Å². The lowest BCUT2D eigenvalue weighted by Gasteiger charge is -2.19. The third-order valence-corrected chi connectivity index (χ3v) is 3.85. The summed E-state index contributed by atoms with van der Waals surface area (Å²) in [5.74, 6) is 0.745. The van der Waals surface area contributed by atoms with E-state index in [2.05, 4.69) is 30.6 Å². The van der Waals surface area contributed by atoms with E-state index in [1.807, 2.05) is 37.1 Å². The molecule has 0 aromatic carbocycles. The first-order valence-corrected chi connectivity index (χ1v) is 6.81. The van der Waals surface area contributed by atoms with Crippen molar-refractivity contribution < 1.29 is 0 Å². The highest BCUT2D eigenvalue weighted by Crippen LogP contribution is 2.31. The zero-order valence-electron chi connectivity index (χ0n) is 10.2. The first kappa shape index (κ1) is 13.3. The largest absolute Gasteiger partial charge is 0.293 e. The zero-order valence-corrected chi connectivity index (χ0v) is 11.0. The van der Waals surface area contributed by atoms with Gasteiger partial charge in [-0.15, -0.1) is 11.8 Å². The highest BCUT2D eigenvalue weighted by molar-refractivity contribution is 8.04. The topological polar surface area (TPSA) is 12.4 Å². The molecule has 0 radical (unpaired) electrons. The van der Waals surface area contributed by atoms with Crippen LogP contribution < -0.4 is 0 Å². The van der Waals surface area contributed by atoms with Crippen molar-refractivity contribution in [3.8, 4) is 0 Å². The molecule has 1 rings (SSSR count). The summed E-state index contributed by atoms with van der Waals surface area (Å²) in [5.41, 5.74) is 0. The molecule has 0 fully saturated rings. The standard InChI is InChI=1S/C14H21NS/c1-4-13(10-11-15-5-2)16-14-8-6-12(3)7-9-14/h4,6,8,10-12,14H,1,5,7,9H2,2-3H3/b13-10+,15-11?. The van der Waals surface area contributed by atoms with Gasteiger partial charge in [0.2, 0.25) is 0 Å². The molecular weight excluding hydrogens is 214 g/mol. The van der Waals surface area contributed by atoms with E-state index in [9.17, 15) is 0 Å². The lowest BCUT2D eigenvalue weighted by molar-refractivity contribution is 0.591. The van der Waals surface area contributed by atoms with Crippen molar-refractivity contribution >= 4 is 18.0 Å². The summed E-state index contributed by atoms with van der Waals surface area (Å²) in [6.07, 6.45) is 13.0. The van der Waals surface area contributed by atoms with E-state index in [0.29, 0.717) is 5.25 Å². The average molecular weight is 235 g/mol. The highest BCUT2D eigenvalue weighted by atomic mass is 32.2. The average Bonchev–Trinajstić information content (AvgIpc) is 2.31. The lowest BCUT2D eigenvalue weighted by Crippen LogP contribution is -2.07. The van der Waals surface area contributed by atoms with E-state index in [0.717, 1.165) is 12.5 Å². The van der Waals surface area contributed by atoms with Crippen molar-refractivity contribution in [3.05, 3.63) is 35.8 Å². The van der Waals surface area contributed by atoms with Crippen LogP contribution in [0.25, 0.3) is 0 Å². The van der Waals surface area contributed by atoms with Gasteiger partial charge in [0, 0.05) is 22.9 Å². The van der Waals surface area contributed by atoms with Gasteiger partial charge in [0.05, 0.1) is 0 Å². The molecule has 1 aliphatic carbocycles. The Morgan fingerprint density at radius 3 is 2.88 bits per heavy atom. The van der Waals surface area contributed by atoms with E-state index in [1.165, 1.54) is 17.7 Å². The summed E-state index contributed by atoms with van der Waals surface area (Å²) in [7, 11) is 0. The van der Waals surface area contributed by atoms with E-state index in [1.54, 1.807) is 0 Å².